The van der Waals surface area contributed by atoms with Crippen molar-refractivity contribution in [3.05, 3.63) is 36.5 Å². The molecule has 0 aliphatic carbocycles. The maximum Gasteiger partial charge on any atom is 0.220 e. The number of hydrogen-bond acceptors (Lipinski definition) is 8. The fourth-order valence-corrected chi connectivity index (χ4v) is 8.78. The van der Waals surface area contributed by atoms with Crippen LogP contribution >= 0.6 is 0 Å². The molecule has 9 nitrogen and oxygen atoms in total. The van der Waals surface area contributed by atoms with Gasteiger partial charge in [0.25, 0.3) is 0 Å². The van der Waals surface area contributed by atoms with Gasteiger partial charge < -0.3 is 40.3 Å². The van der Waals surface area contributed by atoms with Crippen LogP contribution in [0.4, 0.5) is 0 Å². The Hall–Kier alpha value is -1.59. The number of rotatable bonds is 47. The van der Waals surface area contributed by atoms with Crippen LogP contribution in [-0.2, 0) is 14.3 Å². The van der Waals surface area contributed by atoms with Crippen LogP contribution in [0.15, 0.2) is 36.5 Å². The normalized spacial score (nSPS) is 20.1. The average Bonchev–Trinajstić information content (AvgIpc) is 3.31. The van der Waals surface area contributed by atoms with Gasteiger partial charge in [0, 0.05) is 6.42 Å². The molecule has 1 saturated heterocycles. The minimum absolute atomic E-state index is 0.189. The summed E-state index contributed by atoms with van der Waals surface area (Å²) in [5, 5.41) is 54.4. The zero-order chi connectivity index (χ0) is 47.3. The van der Waals surface area contributed by atoms with Gasteiger partial charge >= 0.3 is 0 Å². The first kappa shape index (κ1) is 61.4. The summed E-state index contributed by atoms with van der Waals surface area (Å²) < 4.78 is 11.2. The summed E-state index contributed by atoms with van der Waals surface area (Å²) in [5.74, 6) is -0.189. The summed E-state index contributed by atoms with van der Waals surface area (Å²) in [6.07, 6.45) is 52.1. The van der Waals surface area contributed by atoms with Crippen LogP contribution in [0.25, 0.3) is 0 Å². The summed E-state index contributed by atoms with van der Waals surface area (Å²) in [6, 6.07) is -0.812. The van der Waals surface area contributed by atoms with Crippen molar-refractivity contribution in [2.45, 2.75) is 301 Å². The predicted octanol–water partition coefficient (Wildman–Crippen LogP) is 13.2. The molecule has 1 fully saturated rings. The number of carbonyl (C=O) groups is 1. The lowest BCUT2D eigenvalue weighted by atomic mass is 9.99. The molecular weight excluding hydrogens is 815 g/mol. The van der Waals surface area contributed by atoms with E-state index in [2.05, 4.69) is 43.5 Å². The number of nitrogens with one attached hydrogen (secondary N) is 1. The predicted molar refractivity (Wildman–Crippen MR) is 272 cm³/mol. The molecule has 65 heavy (non-hydrogen) atoms. The number of ether oxygens (including phenoxy) is 2. The Morgan fingerprint density at radius 1 is 0.523 bits per heavy atom. The Morgan fingerprint density at radius 2 is 0.908 bits per heavy atom. The lowest BCUT2D eigenvalue weighted by Crippen LogP contribution is -2.60. The van der Waals surface area contributed by atoms with Gasteiger partial charge in [0.05, 0.1) is 25.4 Å². The number of aliphatic hydroxyl groups is 5. The van der Waals surface area contributed by atoms with Gasteiger partial charge in [-0.3, -0.25) is 4.79 Å². The molecule has 9 heteroatoms. The Bertz CT molecular complexity index is 1110. The molecule has 1 rings (SSSR count). The molecule has 6 N–H and O–H groups in total. The van der Waals surface area contributed by atoms with Crippen molar-refractivity contribution < 1.29 is 39.8 Å². The zero-order valence-electron chi connectivity index (χ0n) is 42.3. The summed E-state index contributed by atoms with van der Waals surface area (Å²) >= 11 is 0. The molecule has 382 valence electrons. The molecule has 7 unspecified atom stereocenters. The van der Waals surface area contributed by atoms with Crippen molar-refractivity contribution in [1.82, 2.24) is 5.32 Å². The molecular formula is C56H105NO8. The third kappa shape index (κ3) is 36.1. The molecule has 7 atom stereocenters. The number of unbranched alkanes of at least 4 members (excludes halogenated alkanes) is 33. The van der Waals surface area contributed by atoms with Crippen molar-refractivity contribution >= 4 is 5.91 Å². The first-order valence-corrected chi connectivity index (χ1v) is 27.7. The smallest absolute Gasteiger partial charge is 0.220 e. The Labute approximate surface area is 400 Å². The van der Waals surface area contributed by atoms with E-state index in [0.29, 0.717) is 6.42 Å². The standard InChI is InChI=1S/C56H105NO8/c1-3-5-7-9-11-13-15-17-19-21-22-23-24-25-26-27-28-29-30-31-33-35-37-39-41-43-45-50(59)49(48-64-56-55(63)54(62)53(61)51(47-58)65-56)57-52(60)46-44-42-40-38-36-34-32-20-18-16-14-12-10-8-6-4-2/h14,16,20,32,43,45,49-51,53-56,58-59,61-63H,3-13,15,17-19,21-31,33-42,44,46-48H2,1-2H3,(H,57,60)/b16-14-,32-20-,45-43+. The number of aliphatic hydroxyl groups excluding tert-OH is 5. The van der Waals surface area contributed by atoms with E-state index in [1.165, 1.54) is 173 Å². The monoisotopic (exact) mass is 920 g/mol. The van der Waals surface area contributed by atoms with Crippen LogP contribution in [0.2, 0.25) is 0 Å². The van der Waals surface area contributed by atoms with E-state index in [-0.39, 0.29) is 12.5 Å². The van der Waals surface area contributed by atoms with E-state index < -0.39 is 49.5 Å². The van der Waals surface area contributed by atoms with Crippen molar-refractivity contribution in [2.24, 2.45) is 0 Å². The lowest BCUT2D eigenvalue weighted by molar-refractivity contribution is -0.302. The summed E-state index contributed by atoms with van der Waals surface area (Å²) in [4.78, 5) is 13.0. The van der Waals surface area contributed by atoms with Crippen LogP contribution in [-0.4, -0.2) is 87.5 Å². The molecule has 1 amide bonds. The highest BCUT2D eigenvalue weighted by Crippen LogP contribution is 2.23. The maximum atomic E-state index is 13.0. The van der Waals surface area contributed by atoms with E-state index >= 15 is 0 Å². The Balaban J connectivity index is 2.24. The van der Waals surface area contributed by atoms with Gasteiger partial charge in [-0.1, -0.05) is 237 Å². The fourth-order valence-electron chi connectivity index (χ4n) is 8.78. The number of allylic oxidation sites excluding steroid dienone is 5. The fraction of sp³-hybridized carbons (Fsp3) is 0.875. The van der Waals surface area contributed by atoms with Gasteiger partial charge in [-0.05, 0) is 51.4 Å². The molecule has 0 spiro atoms. The highest BCUT2D eigenvalue weighted by atomic mass is 16.7. The van der Waals surface area contributed by atoms with Crippen LogP contribution in [0.3, 0.4) is 0 Å². The van der Waals surface area contributed by atoms with Crippen molar-refractivity contribution in [2.75, 3.05) is 13.2 Å². The highest BCUT2D eigenvalue weighted by molar-refractivity contribution is 5.76. The molecule has 0 aromatic carbocycles. The van der Waals surface area contributed by atoms with Gasteiger partial charge in [0.1, 0.15) is 24.4 Å². The SMILES string of the molecule is CCCCCC/C=C\C/C=C\CCCCCCCC(=O)NC(COC1OC(CO)C(O)C(O)C1O)C(O)/C=C/CCCCCCCCCCCCCCCCCCCCCCCCCC. The van der Waals surface area contributed by atoms with Gasteiger partial charge in [0.2, 0.25) is 5.91 Å². The van der Waals surface area contributed by atoms with Crippen molar-refractivity contribution in [3.8, 4) is 0 Å². The van der Waals surface area contributed by atoms with E-state index in [0.717, 1.165) is 64.2 Å². The molecule has 1 heterocycles. The third-order valence-corrected chi connectivity index (χ3v) is 13.2. The Morgan fingerprint density at radius 3 is 1.34 bits per heavy atom. The molecule has 0 aromatic rings. The van der Waals surface area contributed by atoms with Crippen LogP contribution in [0.1, 0.15) is 258 Å². The second-order valence-corrected chi connectivity index (χ2v) is 19.4. The zero-order valence-corrected chi connectivity index (χ0v) is 42.3. The first-order valence-electron chi connectivity index (χ1n) is 27.7. The molecule has 0 radical (unpaired) electrons. The molecule has 0 aromatic heterocycles. The van der Waals surface area contributed by atoms with Gasteiger partial charge in [-0.15, -0.1) is 0 Å². The van der Waals surface area contributed by atoms with E-state index in [4.69, 9.17) is 9.47 Å². The molecule has 1 aliphatic heterocycles. The summed E-state index contributed by atoms with van der Waals surface area (Å²) in [5.41, 5.74) is 0. The molecule has 0 saturated carbocycles. The third-order valence-electron chi connectivity index (χ3n) is 13.2. The molecule has 0 bridgehead atoms. The second-order valence-electron chi connectivity index (χ2n) is 19.4. The van der Waals surface area contributed by atoms with Crippen LogP contribution in [0, 0.1) is 0 Å². The number of amides is 1. The van der Waals surface area contributed by atoms with Crippen molar-refractivity contribution in [3.63, 3.8) is 0 Å². The van der Waals surface area contributed by atoms with Gasteiger partial charge in [-0.2, -0.15) is 0 Å². The summed E-state index contributed by atoms with van der Waals surface area (Å²) in [6.45, 7) is 3.77. The van der Waals surface area contributed by atoms with Crippen LogP contribution in [0.5, 0.6) is 0 Å². The second kappa shape index (κ2) is 46.2. The topological polar surface area (TPSA) is 149 Å². The minimum Gasteiger partial charge on any atom is -0.394 e. The highest BCUT2D eigenvalue weighted by Gasteiger charge is 2.44. The van der Waals surface area contributed by atoms with E-state index in [1.807, 2.05) is 6.08 Å². The van der Waals surface area contributed by atoms with E-state index in [9.17, 15) is 30.3 Å². The first-order chi connectivity index (χ1) is 31.8. The number of hydrogen-bond donors (Lipinski definition) is 6. The number of carbonyl (C=O) groups excluding carboxylic acids is 1. The van der Waals surface area contributed by atoms with Crippen LogP contribution < -0.4 is 5.32 Å². The quantitative estimate of drug-likeness (QED) is 0.0261. The minimum atomic E-state index is -1.57. The van der Waals surface area contributed by atoms with E-state index in [1.54, 1.807) is 6.08 Å². The van der Waals surface area contributed by atoms with Gasteiger partial charge in [0.15, 0.2) is 6.29 Å². The lowest BCUT2D eigenvalue weighted by Gasteiger charge is -2.40. The van der Waals surface area contributed by atoms with Crippen molar-refractivity contribution in [1.29, 1.82) is 0 Å². The van der Waals surface area contributed by atoms with Gasteiger partial charge in [-0.25, -0.2) is 0 Å². The summed E-state index contributed by atoms with van der Waals surface area (Å²) in [7, 11) is 0. The average molecular weight is 920 g/mol. The largest absolute Gasteiger partial charge is 0.394 e. The molecule has 1 aliphatic rings. The Kier molecular flexibility index (Phi) is 43.6. The maximum absolute atomic E-state index is 13.0.